The van der Waals surface area contributed by atoms with Gasteiger partial charge in [-0.3, -0.25) is 5.32 Å². The molecule has 10 heavy (non-hydrogen) atoms. The van der Waals surface area contributed by atoms with Crippen LogP contribution in [0.3, 0.4) is 0 Å². The van der Waals surface area contributed by atoms with Crippen molar-refractivity contribution in [1.29, 1.82) is 0 Å². The van der Waals surface area contributed by atoms with Crippen molar-refractivity contribution in [3.05, 3.63) is 12.0 Å². The first-order valence-corrected chi connectivity index (χ1v) is 2.65. The molecule has 0 aliphatic carbocycles. The molecular weight excluding hydrogens is 138 g/mol. The third-order valence-electron chi connectivity index (χ3n) is 0.908. The zero-order valence-electron chi connectivity index (χ0n) is 5.42. The highest BCUT2D eigenvalue weighted by Gasteiger charge is 2.15. The summed E-state index contributed by atoms with van der Waals surface area (Å²) < 4.78 is 4.51. The summed E-state index contributed by atoms with van der Waals surface area (Å²) >= 11 is 0. The van der Waals surface area contributed by atoms with Crippen LogP contribution in [-0.2, 0) is 14.5 Å². The van der Waals surface area contributed by atoms with E-state index in [9.17, 15) is 4.79 Å². The first kappa shape index (κ1) is 6.88. The van der Waals surface area contributed by atoms with Gasteiger partial charge < -0.3 is 9.62 Å². The molecule has 0 aromatic carbocycles. The largest absolute Gasteiger partial charge is 0.443 e. The predicted molar refractivity (Wildman–Crippen MR) is 30.7 cm³/mol. The van der Waals surface area contributed by atoms with E-state index in [-0.39, 0.29) is 6.61 Å². The highest BCUT2D eigenvalue weighted by molar-refractivity contribution is 5.72. The van der Waals surface area contributed by atoms with Gasteiger partial charge in [0.2, 0.25) is 0 Å². The van der Waals surface area contributed by atoms with Crippen LogP contribution in [-0.4, -0.2) is 19.8 Å². The van der Waals surface area contributed by atoms with Crippen molar-refractivity contribution in [2.45, 2.75) is 0 Å². The molecule has 56 valence electrons. The van der Waals surface area contributed by atoms with Gasteiger partial charge in [-0.05, 0) is 0 Å². The molecule has 1 aliphatic rings. The number of carbonyl (C=O) groups excluding carboxylic acids is 1. The van der Waals surface area contributed by atoms with E-state index in [1.807, 2.05) is 0 Å². The van der Waals surface area contributed by atoms with E-state index in [0.717, 1.165) is 0 Å². The Morgan fingerprint density at radius 1 is 1.80 bits per heavy atom. The Morgan fingerprint density at radius 2 is 2.60 bits per heavy atom. The predicted octanol–water partition coefficient (Wildman–Crippen LogP) is 0.146. The van der Waals surface area contributed by atoms with Crippen molar-refractivity contribution in [3.63, 3.8) is 0 Å². The lowest BCUT2D eigenvalue weighted by molar-refractivity contribution is -0.223. The molecule has 5 nitrogen and oxygen atoms in total. The van der Waals surface area contributed by atoms with E-state index in [0.29, 0.717) is 5.70 Å². The summed E-state index contributed by atoms with van der Waals surface area (Å²) in [5.74, 6) is 0. The fourth-order valence-electron chi connectivity index (χ4n) is 0.516. The number of amides is 1. The van der Waals surface area contributed by atoms with Crippen LogP contribution in [0.15, 0.2) is 12.0 Å². The van der Waals surface area contributed by atoms with Crippen LogP contribution in [0.1, 0.15) is 0 Å². The van der Waals surface area contributed by atoms with Crippen LogP contribution < -0.4 is 5.32 Å². The summed E-state index contributed by atoms with van der Waals surface area (Å²) in [4.78, 5) is 19.0. The first-order chi connectivity index (χ1) is 4.83. The average molecular weight is 145 g/mol. The molecule has 1 N–H and O–H groups in total. The maximum absolute atomic E-state index is 10.3. The van der Waals surface area contributed by atoms with E-state index in [1.165, 1.54) is 13.4 Å². The van der Waals surface area contributed by atoms with Crippen molar-refractivity contribution >= 4 is 6.09 Å². The van der Waals surface area contributed by atoms with Crippen LogP contribution in [0.2, 0.25) is 0 Å². The molecule has 0 saturated carbocycles. The number of hydrogen-bond acceptors (Lipinski definition) is 4. The van der Waals surface area contributed by atoms with Gasteiger partial charge in [0, 0.05) is 0 Å². The van der Waals surface area contributed by atoms with Gasteiger partial charge in [0.1, 0.15) is 6.61 Å². The lowest BCUT2D eigenvalue weighted by Crippen LogP contribution is -2.11. The minimum Gasteiger partial charge on any atom is -0.443 e. The Hall–Kier alpha value is -1.23. The van der Waals surface area contributed by atoms with Gasteiger partial charge >= 0.3 is 6.09 Å². The number of alkyl carbamates (subject to hydrolysis) is 1. The summed E-state index contributed by atoms with van der Waals surface area (Å²) in [5, 5.41) is 2.38. The molecule has 5 heteroatoms. The Morgan fingerprint density at radius 3 is 3.10 bits per heavy atom. The molecule has 0 radical (unpaired) electrons. The molecule has 0 unspecified atom stereocenters. The lowest BCUT2D eigenvalue weighted by Gasteiger charge is -1.92. The smallest absolute Gasteiger partial charge is 0.411 e. The molecule has 1 fully saturated rings. The second kappa shape index (κ2) is 3.07. The molecule has 1 saturated heterocycles. The monoisotopic (exact) mass is 145 g/mol. The van der Waals surface area contributed by atoms with E-state index in [4.69, 9.17) is 0 Å². The molecule has 0 aromatic heterocycles. The zero-order valence-corrected chi connectivity index (χ0v) is 5.42. The van der Waals surface area contributed by atoms with Crippen LogP contribution in [0.4, 0.5) is 4.79 Å². The van der Waals surface area contributed by atoms with Gasteiger partial charge in [-0.15, -0.1) is 0 Å². The molecule has 1 aliphatic heterocycles. The number of cyclic esters (lactones) is 1. The van der Waals surface area contributed by atoms with Crippen LogP contribution >= 0.6 is 0 Å². The lowest BCUT2D eigenvalue weighted by atomic mass is 10.5. The summed E-state index contributed by atoms with van der Waals surface area (Å²) in [5.41, 5.74) is 0.548. The first-order valence-electron chi connectivity index (χ1n) is 2.65. The zero-order chi connectivity index (χ0) is 7.40. The number of carbonyl (C=O) groups is 1. The Balaban J connectivity index is 2.36. The highest BCUT2D eigenvalue weighted by Crippen LogP contribution is 2.00. The topological polar surface area (TPSA) is 56.8 Å². The second-order valence-electron chi connectivity index (χ2n) is 1.61. The van der Waals surface area contributed by atoms with Crippen molar-refractivity contribution in [2.75, 3.05) is 13.7 Å². The number of ether oxygens (including phenoxy) is 1. The highest BCUT2D eigenvalue weighted by atomic mass is 17.2. The molecule has 0 aromatic rings. The summed E-state index contributed by atoms with van der Waals surface area (Å²) in [7, 11) is 1.37. The molecule has 0 atom stereocenters. The van der Waals surface area contributed by atoms with E-state index < -0.39 is 6.09 Å². The van der Waals surface area contributed by atoms with E-state index in [1.54, 1.807) is 0 Å². The van der Waals surface area contributed by atoms with Gasteiger partial charge in [0.25, 0.3) is 0 Å². The standard InChI is InChI=1S/C5H7NO4/c1-8-10-3-4-2-9-5(7)6-4/h3H,2H2,1H3,(H,6,7)/b4-3+. The Kier molecular flexibility index (Phi) is 2.11. The maximum atomic E-state index is 10.3. The van der Waals surface area contributed by atoms with E-state index in [2.05, 4.69) is 19.8 Å². The summed E-state index contributed by atoms with van der Waals surface area (Å²) in [6.45, 7) is 0.211. The molecule has 1 heterocycles. The van der Waals surface area contributed by atoms with Gasteiger partial charge in [-0.2, -0.15) is 4.89 Å². The third-order valence-corrected chi connectivity index (χ3v) is 0.908. The fraction of sp³-hybridized carbons (Fsp3) is 0.400. The van der Waals surface area contributed by atoms with Crippen LogP contribution in [0.5, 0.6) is 0 Å². The SMILES string of the molecule is COO/C=C1\COC(=O)N1. The van der Waals surface area contributed by atoms with Crippen molar-refractivity contribution in [3.8, 4) is 0 Å². The van der Waals surface area contributed by atoms with Crippen molar-refractivity contribution in [1.82, 2.24) is 5.32 Å². The van der Waals surface area contributed by atoms with E-state index >= 15 is 0 Å². The normalized spacial score (nSPS) is 20.5. The molecule has 1 rings (SSSR count). The number of rotatable bonds is 2. The average Bonchev–Trinajstić information content (AvgIpc) is 2.31. The minimum absolute atomic E-state index is 0.211. The summed E-state index contributed by atoms with van der Waals surface area (Å²) in [6, 6.07) is 0. The quantitative estimate of drug-likeness (QED) is 0.341. The van der Waals surface area contributed by atoms with Crippen LogP contribution in [0.25, 0.3) is 0 Å². The number of hydrogen-bond donors (Lipinski definition) is 1. The third kappa shape index (κ3) is 1.63. The molecule has 0 spiro atoms. The molecular formula is C5H7NO4. The maximum Gasteiger partial charge on any atom is 0.411 e. The van der Waals surface area contributed by atoms with Crippen molar-refractivity contribution in [2.24, 2.45) is 0 Å². The van der Waals surface area contributed by atoms with Gasteiger partial charge in [-0.25, -0.2) is 4.79 Å². The van der Waals surface area contributed by atoms with Gasteiger partial charge in [0.15, 0.2) is 6.26 Å². The van der Waals surface area contributed by atoms with Gasteiger partial charge in [0.05, 0.1) is 12.8 Å². The molecule has 1 amide bonds. The Labute approximate surface area is 57.5 Å². The number of nitrogens with one attached hydrogen (secondary N) is 1. The Bertz CT molecular complexity index is 165. The minimum atomic E-state index is -0.467. The van der Waals surface area contributed by atoms with Gasteiger partial charge in [-0.1, -0.05) is 0 Å². The second-order valence-corrected chi connectivity index (χ2v) is 1.61. The fourth-order valence-corrected chi connectivity index (χ4v) is 0.516. The van der Waals surface area contributed by atoms with Crippen molar-refractivity contribution < 1.29 is 19.3 Å². The summed E-state index contributed by atoms with van der Waals surface area (Å²) in [6.07, 6.45) is 0.802. The molecule has 0 bridgehead atoms. The van der Waals surface area contributed by atoms with Crippen LogP contribution in [0, 0.1) is 0 Å².